The number of rotatable bonds is 7. The maximum atomic E-state index is 12.0. The molecular formula is C15H21N5O. The fourth-order valence-electron chi connectivity index (χ4n) is 2.04. The number of carbonyl (C=O) groups excluding carboxylic acids is 1. The van der Waals surface area contributed by atoms with Gasteiger partial charge >= 0.3 is 0 Å². The first-order valence-corrected chi connectivity index (χ1v) is 7.18. The highest BCUT2D eigenvalue weighted by molar-refractivity contribution is 5.92. The van der Waals surface area contributed by atoms with E-state index >= 15 is 0 Å². The molecule has 0 atom stereocenters. The van der Waals surface area contributed by atoms with Gasteiger partial charge < -0.3 is 10.6 Å². The van der Waals surface area contributed by atoms with Crippen LogP contribution in [0.4, 0.5) is 5.82 Å². The predicted octanol–water partition coefficient (Wildman–Crippen LogP) is 1.91. The lowest BCUT2D eigenvalue weighted by Gasteiger charge is -2.07. The molecule has 3 N–H and O–H groups in total. The monoisotopic (exact) mass is 287 g/mol. The molecule has 0 radical (unpaired) electrons. The zero-order chi connectivity index (χ0) is 15.1. The summed E-state index contributed by atoms with van der Waals surface area (Å²) in [4.78, 5) is 16.3. The molecule has 2 aromatic heterocycles. The van der Waals surface area contributed by atoms with Crippen molar-refractivity contribution in [1.82, 2.24) is 20.5 Å². The van der Waals surface area contributed by atoms with Crippen molar-refractivity contribution in [2.75, 3.05) is 18.4 Å². The molecule has 0 saturated heterocycles. The van der Waals surface area contributed by atoms with E-state index in [1.807, 2.05) is 32.2 Å². The summed E-state index contributed by atoms with van der Waals surface area (Å²) in [5.74, 6) is 0.581. The average Bonchev–Trinajstić information content (AvgIpc) is 2.89. The highest BCUT2D eigenvalue weighted by Crippen LogP contribution is 2.06. The molecule has 0 unspecified atom stereocenters. The zero-order valence-corrected chi connectivity index (χ0v) is 12.4. The third-order valence-electron chi connectivity index (χ3n) is 3.18. The molecule has 0 aliphatic heterocycles. The molecule has 0 spiro atoms. The van der Waals surface area contributed by atoms with E-state index in [-0.39, 0.29) is 5.91 Å². The number of carbonyl (C=O) groups is 1. The van der Waals surface area contributed by atoms with Crippen LogP contribution in [0.5, 0.6) is 0 Å². The fourth-order valence-corrected chi connectivity index (χ4v) is 2.04. The van der Waals surface area contributed by atoms with Gasteiger partial charge in [-0.15, -0.1) is 0 Å². The Kier molecular flexibility index (Phi) is 5.31. The maximum Gasteiger partial charge on any atom is 0.269 e. The lowest BCUT2D eigenvalue weighted by atomic mass is 10.1. The van der Waals surface area contributed by atoms with Crippen LogP contribution in [0.2, 0.25) is 0 Å². The number of hydrogen-bond donors (Lipinski definition) is 3. The van der Waals surface area contributed by atoms with E-state index in [0.717, 1.165) is 30.9 Å². The molecule has 0 aromatic carbocycles. The van der Waals surface area contributed by atoms with Crippen molar-refractivity contribution in [1.29, 1.82) is 0 Å². The van der Waals surface area contributed by atoms with Gasteiger partial charge in [-0.05, 0) is 44.4 Å². The van der Waals surface area contributed by atoms with Crippen molar-refractivity contribution in [3.05, 3.63) is 41.3 Å². The van der Waals surface area contributed by atoms with Gasteiger partial charge in [-0.3, -0.25) is 9.89 Å². The Morgan fingerprint density at radius 3 is 2.95 bits per heavy atom. The molecule has 0 saturated carbocycles. The van der Waals surface area contributed by atoms with E-state index in [2.05, 4.69) is 25.8 Å². The average molecular weight is 287 g/mol. The first-order chi connectivity index (χ1) is 10.2. The summed E-state index contributed by atoms with van der Waals surface area (Å²) in [5.41, 5.74) is 2.71. The standard InChI is InChI=1S/C15H21N5O/c1-3-16-14-8-4-7-13(19-14)15(21)17-9-5-6-12-10-18-20-11(12)2/h4,7-8,10H,3,5-6,9H2,1-2H3,(H,16,19)(H,17,21)(H,18,20). The van der Waals surface area contributed by atoms with Gasteiger partial charge in [0.15, 0.2) is 0 Å². The van der Waals surface area contributed by atoms with Gasteiger partial charge in [0.2, 0.25) is 0 Å². The maximum absolute atomic E-state index is 12.0. The van der Waals surface area contributed by atoms with Crippen LogP contribution in [0, 0.1) is 6.92 Å². The van der Waals surface area contributed by atoms with Crippen LogP contribution in [0.25, 0.3) is 0 Å². The quantitative estimate of drug-likeness (QED) is 0.679. The summed E-state index contributed by atoms with van der Waals surface area (Å²) in [5, 5.41) is 12.9. The molecule has 2 aromatic rings. The topological polar surface area (TPSA) is 82.7 Å². The smallest absolute Gasteiger partial charge is 0.269 e. The minimum atomic E-state index is -0.140. The van der Waals surface area contributed by atoms with E-state index in [0.29, 0.717) is 12.2 Å². The summed E-state index contributed by atoms with van der Waals surface area (Å²) in [7, 11) is 0. The zero-order valence-electron chi connectivity index (χ0n) is 12.4. The number of aryl methyl sites for hydroxylation is 2. The summed E-state index contributed by atoms with van der Waals surface area (Å²) in [6.45, 7) is 5.39. The second-order valence-electron chi connectivity index (χ2n) is 4.82. The van der Waals surface area contributed by atoms with Crippen LogP contribution in [-0.2, 0) is 6.42 Å². The van der Waals surface area contributed by atoms with Gasteiger partial charge in [0.1, 0.15) is 11.5 Å². The van der Waals surface area contributed by atoms with Gasteiger partial charge in [0.25, 0.3) is 5.91 Å². The molecular weight excluding hydrogens is 266 g/mol. The van der Waals surface area contributed by atoms with Gasteiger partial charge in [0, 0.05) is 18.8 Å². The third-order valence-corrected chi connectivity index (χ3v) is 3.18. The molecule has 21 heavy (non-hydrogen) atoms. The first kappa shape index (κ1) is 15.0. The number of hydrogen-bond acceptors (Lipinski definition) is 4. The van der Waals surface area contributed by atoms with Crippen LogP contribution >= 0.6 is 0 Å². The summed E-state index contributed by atoms with van der Waals surface area (Å²) in [6, 6.07) is 5.40. The number of pyridine rings is 1. The van der Waals surface area contributed by atoms with E-state index in [1.165, 1.54) is 5.56 Å². The minimum absolute atomic E-state index is 0.140. The van der Waals surface area contributed by atoms with Crippen molar-refractivity contribution < 1.29 is 4.79 Å². The van der Waals surface area contributed by atoms with E-state index < -0.39 is 0 Å². The van der Waals surface area contributed by atoms with E-state index in [9.17, 15) is 4.79 Å². The number of H-pyrrole nitrogens is 1. The number of aromatic amines is 1. The van der Waals surface area contributed by atoms with Crippen molar-refractivity contribution >= 4 is 11.7 Å². The van der Waals surface area contributed by atoms with Crippen LogP contribution < -0.4 is 10.6 Å². The molecule has 0 bridgehead atoms. The van der Waals surface area contributed by atoms with Gasteiger partial charge in [0.05, 0.1) is 6.20 Å². The van der Waals surface area contributed by atoms with Crippen molar-refractivity contribution in [3.8, 4) is 0 Å². The Hall–Kier alpha value is -2.37. The lowest BCUT2D eigenvalue weighted by molar-refractivity contribution is 0.0948. The molecule has 2 rings (SSSR count). The summed E-state index contributed by atoms with van der Waals surface area (Å²) in [6.07, 6.45) is 3.60. The molecule has 0 aliphatic rings. The van der Waals surface area contributed by atoms with Crippen molar-refractivity contribution in [2.24, 2.45) is 0 Å². The van der Waals surface area contributed by atoms with Crippen LogP contribution in [0.3, 0.4) is 0 Å². The van der Waals surface area contributed by atoms with Gasteiger partial charge in [-0.25, -0.2) is 4.98 Å². The number of aromatic nitrogens is 3. The highest BCUT2D eigenvalue weighted by Gasteiger charge is 2.07. The minimum Gasteiger partial charge on any atom is -0.370 e. The Labute approximate surface area is 124 Å². The predicted molar refractivity (Wildman–Crippen MR) is 82.4 cm³/mol. The van der Waals surface area contributed by atoms with E-state index in [4.69, 9.17) is 0 Å². The van der Waals surface area contributed by atoms with Gasteiger partial charge in [-0.1, -0.05) is 6.07 Å². The molecule has 2 heterocycles. The van der Waals surface area contributed by atoms with Crippen molar-refractivity contribution in [3.63, 3.8) is 0 Å². The van der Waals surface area contributed by atoms with Crippen LogP contribution in [-0.4, -0.2) is 34.2 Å². The Balaban J connectivity index is 1.79. The highest BCUT2D eigenvalue weighted by atomic mass is 16.1. The molecule has 6 nitrogen and oxygen atoms in total. The Morgan fingerprint density at radius 2 is 2.24 bits per heavy atom. The van der Waals surface area contributed by atoms with E-state index in [1.54, 1.807) is 6.07 Å². The second-order valence-corrected chi connectivity index (χ2v) is 4.82. The molecule has 6 heteroatoms. The Morgan fingerprint density at radius 1 is 1.38 bits per heavy atom. The number of nitrogens with one attached hydrogen (secondary N) is 3. The molecule has 112 valence electrons. The lowest BCUT2D eigenvalue weighted by Crippen LogP contribution is -2.25. The summed E-state index contributed by atoms with van der Waals surface area (Å²) >= 11 is 0. The number of nitrogens with zero attached hydrogens (tertiary/aromatic N) is 2. The molecule has 0 aliphatic carbocycles. The number of amides is 1. The first-order valence-electron chi connectivity index (χ1n) is 7.18. The fraction of sp³-hybridized carbons (Fsp3) is 0.400. The largest absolute Gasteiger partial charge is 0.370 e. The normalized spacial score (nSPS) is 10.4. The number of anilines is 1. The SMILES string of the molecule is CCNc1cccc(C(=O)NCCCc2cn[nH]c2C)n1. The van der Waals surface area contributed by atoms with Gasteiger partial charge in [-0.2, -0.15) is 5.10 Å². The second kappa shape index (κ2) is 7.42. The van der Waals surface area contributed by atoms with Crippen LogP contribution in [0.15, 0.2) is 24.4 Å². The Bertz CT molecular complexity index is 593. The molecule has 1 amide bonds. The summed E-state index contributed by atoms with van der Waals surface area (Å²) < 4.78 is 0. The third kappa shape index (κ3) is 4.30. The molecule has 0 fully saturated rings. The van der Waals surface area contributed by atoms with Crippen molar-refractivity contribution in [2.45, 2.75) is 26.7 Å². The van der Waals surface area contributed by atoms with Crippen LogP contribution in [0.1, 0.15) is 35.1 Å².